The molecule has 0 radical (unpaired) electrons. The Labute approximate surface area is 119 Å². The highest BCUT2D eigenvalue weighted by atomic mass is 79.9. The molecular weight excluding hydrogens is 318 g/mol. The quantitative estimate of drug-likeness (QED) is 0.806. The van der Waals surface area contributed by atoms with E-state index in [9.17, 15) is 0 Å². The van der Waals surface area contributed by atoms with Crippen molar-refractivity contribution in [3.63, 3.8) is 0 Å². The Morgan fingerprint density at radius 3 is 2.78 bits per heavy atom. The Balaban J connectivity index is 2.60. The summed E-state index contributed by atoms with van der Waals surface area (Å²) in [6, 6.07) is 5.79. The fourth-order valence-electron chi connectivity index (χ4n) is 1.82. The Kier molecular flexibility index (Phi) is 4.24. The molecule has 1 aromatic heterocycles. The number of nitrogens with zero attached hydrogens (tertiary/aromatic N) is 3. The number of benzene rings is 1. The molecule has 4 nitrogen and oxygen atoms in total. The number of ether oxygens (including phenoxy) is 1. The van der Waals surface area contributed by atoms with Gasteiger partial charge in [0.2, 0.25) is 0 Å². The van der Waals surface area contributed by atoms with Gasteiger partial charge in [-0.3, -0.25) is 0 Å². The molecular formula is C12H13BrClN3O. The zero-order chi connectivity index (χ0) is 13.1. The molecule has 0 fully saturated rings. The second-order valence-corrected chi connectivity index (χ2v) is 4.85. The summed E-state index contributed by atoms with van der Waals surface area (Å²) in [6.07, 6.45) is 0. The average Bonchev–Trinajstić information content (AvgIpc) is 2.81. The molecule has 2 aromatic rings. The molecule has 0 saturated carbocycles. The normalized spacial score (nSPS) is 10.7. The van der Waals surface area contributed by atoms with Gasteiger partial charge >= 0.3 is 0 Å². The Morgan fingerprint density at radius 1 is 1.39 bits per heavy atom. The lowest BCUT2D eigenvalue weighted by Gasteiger charge is -2.10. The highest BCUT2D eigenvalue weighted by Crippen LogP contribution is 2.32. The van der Waals surface area contributed by atoms with Crippen LogP contribution >= 0.6 is 27.5 Å². The van der Waals surface area contributed by atoms with Crippen LogP contribution in [0.15, 0.2) is 22.7 Å². The molecule has 6 heteroatoms. The van der Waals surface area contributed by atoms with Gasteiger partial charge in [-0.25, -0.2) is 0 Å². The number of rotatable bonds is 4. The topological polar surface area (TPSA) is 39.9 Å². The summed E-state index contributed by atoms with van der Waals surface area (Å²) in [7, 11) is 1.64. The summed E-state index contributed by atoms with van der Waals surface area (Å²) in [4.78, 5) is 0. The zero-order valence-corrected chi connectivity index (χ0v) is 12.5. The van der Waals surface area contributed by atoms with Crippen molar-refractivity contribution in [1.29, 1.82) is 0 Å². The molecule has 0 unspecified atom stereocenters. The van der Waals surface area contributed by atoms with Crippen LogP contribution in [0.5, 0.6) is 5.75 Å². The van der Waals surface area contributed by atoms with Crippen molar-refractivity contribution in [2.45, 2.75) is 19.3 Å². The van der Waals surface area contributed by atoms with E-state index in [1.807, 2.05) is 29.7 Å². The van der Waals surface area contributed by atoms with Crippen LogP contribution in [0, 0.1) is 0 Å². The predicted octanol–water partition coefficient (Wildman–Crippen LogP) is 3.47. The van der Waals surface area contributed by atoms with E-state index in [1.165, 1.54) is 0 Å². The van der Waals surface area contributed by atoms with Crippen LogP contribution in [-0.2, 0) is 12.4 Å². The van der Waals surface area contributed by atoms with E-state index in [4.69, 9.17) is 16.3 Å². The fourth-order valence-corrected chi connectivity index (χ4v) is 2.38. The van der Waals surface area contributed by atoms with Crippen molar-refractivity contribution in [1.82, 2.24) is 14.8 Å². The highest BCUT2D eigenvalue weighted by Gasteiger charge is 2.16. The molecule has 0 spiro atoms. The van der Waals surface area contributed by atoms with Crippen molar-refractivity contribution in [3.8, 4) is 17.1 Å². The fraction of sp³-hybridized carbons (Fsp3) is 0.333. The van der Waals surface area contributed by atoms with Crippen LogP contribution in [-0.4, -0.2) is 21.9 Å². The number of halogens is 2. The second kappa shape index (κ2) is 5.71. The van der Waals surface area contributed by atoms with Gasteiger partial charge in [0.1, 0.15) is 11.6 Å². The number of aromatic nitrogens is 3. The van der Waals surface area contributed by atoms with E-state index in [0.717, 1.165) is 34.0 Å². The first-order chi connectivity index (χ1) is 8.71. The molecule has 1 aromatic carbocycles. The molecule has 2 rings (SSSR count). The minimum atomic E-state index is 0.344. The monoisotopic (exact) mass is 329 g/mol. The molecule has 0 amide bonds. The molecule has 18 heavy (non-hydrogen) atoms. The van der Waals surface area contributed by atoms with Crippen LogP contribution in [0.3, 0.4) is 0 Å². The van der Waals surface area contributed by atoms with Gasteiger partial charge in [-0.2, -0.15) is 0 Å². The summed E-state index contributed by atoms with van der Waals surface area (Å²) in [5, 5.41) is 8.30. The largest absolute Gasteiger partial charge is 0.496 e. The van der Waals surface area contributed by atoms with Gasteiger partial charge < -0.3 is 9.30 Å². The van der Waals surface area contributed by atoms with Gasteiger partial charge in [0, 0.05) is 11.0 Å². The predicted molar refractivity (Wildman–Crippen MR) is 74.9 cm³/mol. The van der Waals surface area contributed by atoms with Crippen molar-refractivity contribution in [3.05, 3.63) is 28.5 Å². The van der Waals surface area contributed by atoms with E-state index in [2.05, 4.69) is 26.1 Å². The molecule has 0 aliphatic rings. The lowest BCUT2D eigenvalue weighted by Crippen LogP contribution is -2.02. The number of hydrogen-bond acceptors (Lipinski definition) is 3. The van der Waals surface area contributed by atoms with Gasteiger partial charge in [-0.05, 0) is 25.1 Å². The Bertz CT molecular complexity index is 556. The SMILES string of the molecule is CCn1c(CCl)nnc1-c1cc(Br)ccc1OC. The summed E-state index contributed by atoms with van der Waals surface area (Å²) in [6.45, 7) is 2.80. The van der Waals surface area contributed by atoms with E-state index in [1.54, 1.807) is 7.11 Å². The molecule has 96 valence electrons. The third-order valence-corrected chi connectivity index (χ3v) is 3.40. The molecule has 1 heterocycles. The van der Waals surface area contributed by atoms with Crippen LogP contribution in [0.2, 0.25) is 0 Å². The van der Waals surface area contributed by atoms with Gasteiger partial charge in [0.25, 0.3) is 0 Å². The van der Waals surface area contributed by atoms with Crippen molar-refractivity contribution >= 4 is 27.5 Å². The van der Waals surface area contributed by atoms with Crippen LogP contribution in [0.25, 0.3) is 11.4 Å². The first kappa shape index (κ1) is 13.4. The van der Waals surface area contributed by atoms with E-state index >= 15 is 0 Å². The van der Waals surface area contributed by atoms with Crippen LogP contribution in [0.4, 0.5) is 0 Å². The third kappa shape index (κ3) is 2.37. The number of methoxy groups -OCH3 is 1. The smallest absolute Gasteiger partial charge is 0.167 e. The maximum Gasteiger partial charge on any atom is 0.167 e. The maximum atomic E-state index is 5.85. The van der Waals surface area contributed by atoms with E-state index < -0.39 is 0 Å². The van der Waals surface area contributed by atoms with Crippen molar-refractivity contribution in [2.24, 2.45) is 0 Å². The standard InChI is InChI=1S/C12H13BrClN3O/c1-3-17-11(7-14)15-16-12(17)9-6-8(13)4-5-10(9)18-2/h4-6H,3,7H2,1-2H3. The minimum absolute atomic E-state index is 0.344. The average molecular weight is 331 g/mol. The maximum absolute atomic E-state index is 5.85. The van der Waals surface area contributed by atoms with Crippen LogP contribution < -0.4 is 4.74 Å². The molecule has 0 atom stereocenters. The molecule has 0 N–H and O–H groups in total. The molecule has 0 aliphatic carbocycles. The molecule has 0 bridgehead atoms. The Hall–Kier alpha value is -1.07. The second-order valence-electron chi connectivity index (χ2n) is 3.66. The minimum Gasteiger partial charge on any atom is -0.496 e. The van der Waals surface area contributed by atoms with Gasteiger partial charge in [0.15, 0.2) is 5.82 Å². The summed E-state index contributed by atoms with van der Waals surface area (Å²) in [5.74, 6) is 2.64. The van der Waals surface area contributed by atoms with Gasteiger partial charge in [-0.1, -0.05) is 15.9 Å². The zero-order valence-electron chi connectivity index (χ0n) is 10.2. The first-order valence-electron chi connectivity index (χ1n) is 5.53. The number of hydrogen-bond donors (Lipinski definition) is 0. The third-order valence-electron chi connectivity index (χ3n) is 2.67. The lowest BCUT2D eigenvalue weighted by atomic mass is 10.2. The summed E-state index contributed by atoms with van der Waals surface area (Å²) < 4.78 is 8.31. The van der Waals surface area contributed by atoms with Crippen LogP contribution in [0.1, 0.15) is 12.7 Å². The number of alkyl halides is 1. The van der Waals surface area contributed by atoms with Crippen molar-refractivity contribution in [2.75, 3.05) is 7.11 Å². The first-order valence-corrected chi connectivity index (χ1v) is 6.86. The Morgan fingerprint density at radius 2 is 2.17 bits per heavy atom. The summed E-state index contributed by atoms with van der Waals surface area (Å²) >= 11 is 9.31. The van der Waals surface area contributed by atoms with Gasteiger partial charge in [0.05, 0.1) is 18.6 Å². The van der Waals surface area contributed by atoms with Crippen molar-refractivity contribution < 1.29 is 4.74 Å². The van der Waals surface area contributed by atoms with E-state index in [0.29, 0.717) is 5.88 Å². The van der Waals surface area contributed by atoms with E-state index in [-0.39, 0.29) is 0 Å². The van der Waals surface area contributed by atoms with Gasteiger partial charge in [-0.15, -0.1) is 21.8 Å². The molecule has 0 aliphatic heterocycles. The highest BCUT2D eigenvalue weighted by molar-refractivity contribution is 9.10. The lowest BCUT2D eigenvalue weighted by molar-refractivity contribution is 0.415. The summed E-state index contributed by atoms with van der Waals surface area (Å²) in [5.41, 5.74) is 0.901. The molecule has 0 saturated heterocycles.